The first-order chi connectivity index (χ1) is 13.3. The van der Waals surface area contributed by atoms with E-state index in [0.29, 0.717) is 22.7 Å². The highest BCUT2D eigenvalue weighted by molar-refractivity contribution is 6.06. The summed E-state index contributed by atoms with van der Waals surface area (Å²) in [5.41, 5.74) is 2.82. The highest BCUT2D eigenvalue weighted by atomic mass is 16.3. The molecule has 0 bridgehead atoms. The number of nitrogens with zero attached hydrogens (tertiary/aromatic N) is 1. The van der Waals surface area contributed by atoms with Gasteiger partial charge >= 0.3 is 0 Å². The van der Waals surface area contributed by atoms with Crippen molar-refractivity contribution in [2.75, 3.05) is 5.32 Å². The SMILES string of the molecule is O=C(Nc1ccccc1-c1nc2c(ccc3ccccc32)o1)c1ccco1. The van der Waals surface area contributed by atoms with Gasteiger partial charge in [-0.15, -0.1) is 0 Å². The molecule has 1 N–H and O–H groups in total. The van der Waals surface area contributed by atoms with Gasteiger partial charge in [-0.2, -0.15) is 0 Å². The second-order valence-electron chi connectivity index (χ2n) is 6.13. The number of carbonyl (C=O) groups excluding carboxylic acids is 1. The second-order valence-corrected chi connectivity index (χ2v) is 6.13. The van der Waals surface area contributed by atoms with E-state index in [1.807, 2.05) is 60.7 Å². The number of benzene rings is 3. The summed E-state index contributed by atoms with van der Waals surface area (Å²) in [5, 5.41) is 4.99. The molecule has 0 radical (unpaired) electrons. The molecule has 2 heterocycles. The van der Waals surface area contributed by atoms with E-state index in [1.165, 1.54) is 6.26 Å². The molecule has 3 aromatic carbocycles. The first kappa shape index (κ1) is 15.4. The minimum Gasteiger partial charge on any atom is -0.459 e. The summed E-state index contributed by atoms with van der Waals surface area (Å²) in [7, 11) is 0. The van der Waals surface area contributed by atoms with Crippen LogP contribution in [0.3, 0.4) is 0 Å². The number of hydrogen-bond acceptors (Lipinski definition) is 4. The van der Waals surface area contributed by atoms with E-state index in [2.05, 4.69) is 5.32 Å². The molecule has 0 aliphatic carbocycles. The molecule has 0 aliphatic rings. The van der Waals surface area contributed by atoms with Gasteiger partial charge < -0.3 is 14.2 Å². The first-order valence-electron chi connectivity index (χ1n) is 8.52. The van der Waals surface area contributed by atoms with Gasteiger partial charge in [0, 0.05) is 5.39 Å². The Bertz CT molecular complexity index is 1270. The van der Waals surface area contributed by atoms with Crippen LogP contribution in [0.1, 0.15) is 10.6 Å². The van der Waals surface area contributed by atoms with Gasteiger partial charge in [-0.25, -0.2) is 4.98 Å². The lowest BCUT2D eigenvalue weighted by molar-refractivity contribution is 0.0996. The van der Waals surface area contributed by atoms with Crippen LogP contribution in [0.2, 0.25) is 0 Å². The number of amides is 1. The van der Waals surface area contributed by atoms with Crippen molar-refractivity contribution in [1.29, 1.82) is 0 Å². The van der Waals surface area contributed by atoms with Crippen molar-refractivity contribution >= 4 is 33.5 Å². The monoisotopic (exact) mass is 354 g/mol. The van der Waals surface area contributed by atoms with Gasteiger partial charge in [0.1, 0.15) is 5.52 Å². The van der Waals surface area contributed by atoms with Crippen molar-refractivity contribution in [3.8, 4) is 11.5 Å². The van der Waals surface area contributed by atoms with E-state index < -0.39 is 0 Å². The van der Waals surface area contributed by atoms with E-state index in [4.69, 9.17) is 13.8 Å². The Morgan fingerprint density at radius 3 is 2.63 bits per heavy atom. The molecule has 5 nitrogen and oxygen atoms in total. The van der Waals surface area contributed by atoms with Crippen LogP contribution in [0, 0.1) is 0 Å². The molecule has 5 aromatic rings. The Hall–Kier alpha value is -3.86. The number of furan rings is 1. The van der Waals surface area contributed by atoms with Gasteiger partial charge in [-0.3, -0.25) is 4.79 Å². The molecule has 0 atom stereocenters. The molecule has 130 valence electrons. The molecule has 0 unspecified atom stereocenters. The van der Waals surface area contributed by atoms with Gasteiger partial charge in [-0.1, -0.05) is 42.5 Å². The van der Waals surface area contributed by atoms with Crippen molar-refractivity contribution < 1.29 is 13.6 Å². The summed E-state index contributed by atoms with van der Waals surface area (Å²) < 4.78 is 11.1. The summed E-state index contributed by atoms with van der Waals surface area (Å²) >= 11 is 0. The highest BCUT2D eigenvalue weighted by Gasteiger charge is 2.16. The maximum atomic E-state index is 12.3. The Labute approximate surface area is 154 Å². The fourth-order valence-corrected chi connectivity index (χ4v) is 3.15. The van der Waals surface area contributed by atoms with Gasteiger partial charge in [-0.05, 0) is 35.7 Å². The third kappa shape index (κ3) is 2.66. The maximum absolute atomic E-state index is 12.3. The molecule has 5 heteroatoms. The molecular weight excluding hydrogens is 340 g/mol. The standard InChI is InChI=1S/C22H14N2O3/c25-21(19-10-5-13-26-19)23-17-9-4-3-8-16(17)22-24-20-15-7-2-1-6-14(15)11-12-18(20)27-22/h1-13H,(H,23,25). The lowest BCUT2D eigenvalue weighted by Gasteiger charge is -2.07. The molecule has 0 saturated carbocycles. The number of para-hydroxylation sites is 1. The summed E-state index contributed by atoms with van der Waals surface area (Å²) in [4.78, 5) is 17.1. The average Bonchev–Trinajstić information content (AvgIpc) is 3.38. The molecule has 27 heavy (non-hydrogen) atoms. The van der Waals surface area contributed by atoms with Gasteiger partial charge in [0.15, 0.2) is 11.3 Å². The van der Waals surface area contributed by atoms with Crippen LogP contribution in [0.15, 0.2) is 87.9 Å². The van der Waals surface area contributed by atoms with E-state index in [9.17, 15) is 4.79 Å². The molecule has 0 aliphatic heterocycles. The van der Waals surface area contributed by atoms with E-state index in [1.54, 1.807) is 12.1 Å². The summed E-state index contributed by atoms with van der Waals surface area (Å²) in [6, 6.07) is 22.7. The lowest BCUT2D eigenvalue weighted by atomic mass is 10.1. The van der Waals surface area contributed by atoms with Crippen molar-refractivity contribution in [3.63, 3.8) is 0 Å². The van der Waals surface area contributed by atoms with Crippen LogP contribution in [-0.4, -0.2) is 10.9 Å². The number of aromatic nitrogens is 1. The van der Waals surface area contributed by atoms with Crippen molar-refractivity contribution in [2.45, 2.75) is 0 Å². The number of rotatable bonds is 3. The molecular formula is C22H14N2O3. The number of nitrogens with one attached hydrogen (secondary N) is 1. The van der Waals surface area contributed by atoms with E-state index in [-0.39, 0.29) is 11.7 Å². The van der Waals surface area contributed by atoms with Gasteiger partial charge in [0.25, 0.3) is 5.91 Å². The minimum atomic E-state index is -0.325. The third-order valence-corrected chi connectivity index (χ3v) is 4.43. The smallest absolute Gasteiger partial charge is 0.291 e. The van der Waals surface area contributed by atoms with Crippen molar-refractivity contribution in [3.05, 3.63) is 84.8 Å². The maximum Gasteiger partial charge on any atom is 0.291 e. The second kappa shape index (κ2) is 6.14. The lowest BCUT2D eigenvalue weighted by Crippen LogP contribution is -2.11. The van der Waals surface area contributed by atoms with E-state index in [0.717, 1.165) is 16.3 Å². The predicted molar refractivity (Wildman–Crippen MR) is 104 cm³/mol. The fraction of sp³-hybridized carbons (Fsp3) is 0. The third-order valence-electron chi connectivity index (χ3n) is 4.43. The summed E-state index contributed by atoms with van der Waals surface area (Å²) in [5.74, 6) is 0.374. The van der Waals surface area contributed by atoms with Crippen LogP contribution in [0.4, 0.5) is 5.69 Å². The molecule has 0 saturated heterocycles. The summed E-state index contributed by atoms with van der Waals surface area (Å²) in [6.45, 7) is 0. The number of oxazole rings is 1. The normalized spacial score (nSPS) is 11.1. The Morgan fingerprint density at radius 2 is 1.74 bits per heavy atom. The zero-order chi connectivity index (χ0) is 18.2. The fourth-order valence-electron chi connectivity index (χ4n) is 3.15. The first-order valence-corrected chi connectivity index (χ1v) is 8.52. The zero-order valence-electron chi connectivity index (χ0n) is 14.2. The molecule has 5 rings (SSSR count). The van der Waals surface area contributed by atoms with Crippen LogP contribution in [-0.2, 0) is 0 Å². The molecule has 1 amide bonds. The van der Waals surface area contributed by atoms with Gasteiger partial charge in [0.05, 0.1) is 17.5 Å². The molecule has 0 fully saturated rings. The molecule has 0 spiro atoms. The Balaban J connectivity index is 1.61. The van der Waals surface area contributed by atoms with Crippen molar-refractivity contribution in [2.24, 2.45) is 0 Å². The van der Waals surface area contributed by atoms with Crippen molar-refractivity contribution in [1.82, 2.24) is 4.98 Å². The Morgan fingerprint density at radius 1 is 0.889 bits per heavy atom. The number of fused-ring (bicyclic) bond motifs is 3. The largest absolute Gasteiger partial charge is 0.459 e. The topological polar surface area (TPSA) is 68.3 Å². The molecule has 2 aromatic heterocycles. The minimum absolute atomic E-state index is 0.244. The zero-order valence-corrected chi connectivity index (χ0v) is 14.2. The Kier molecular flexibility index (Phi) is 3.50. The number of hydrogen-bond donors (Lipinski definition) is 1. The number of carbonyl (C=O) groups is 1. The van der Waals surface area contributed by atoms with E-state index >= 15 is 0 Å². The van der Waals surface area contributed by atoms with Crippen LogP contribution in [0.25, 0.3) is 33.3 Å². The van der Waals surface area contributed by atoms with Crippen LogP contribution in [0.5, 0.6) is 0 Å². The average molecular weight is 354 g/mol. The van der Waals surface area contributed by atoms with Crippen LogP contribution < -0.4 is 5.32 Å². The quantitative estimate of drug-likeness (QED) is 0.465. The highest BCUT2D eigenvalue weighted by Crippen LogP contribution is 2.33. The van der Waals surface area contributed by atoms with Crippen LogP contribution >= 0.6 is 0 Å². The predicted octanol–water partition coefficient (Wildman–Crippen LogP) is 5.49. The van der Waals surface area contributed by atoms with Gasteiger partial charge in [0.2, 0.25) is 5.89 Å². The number of anilines is 1. The summed E-state index contributed by atoms with van der Waals surface area (Å²) in [6.07, 6.45) is 1.47.